The minimum Gasteiger partial charge on any atom is -0.322 e. The average molecular weight is 433 g/mol. The minimum atomic E-state index is -3.83. The Morgan fingerprint density at radius 3 is 2.64 bits per heavy atom. The van der Waals surface area contributed by atoms with Crippen LogP contribution in [0.2, 0.25) is 5.02 Å². The van der Waals surface area contributed by atoms with Crippen LogP contribution in [0, 0.1) is 6.92 Å². The first kappa shape index (κ1) is 20.1. The Hall–Kier alpha value is -2.61. The standard InChI is InChI=1S/C20H17ClN2O3S2/c1-14-7-9-18(28(25,26)23-16-5-2-4-15(21)12-16)13-19(14)22-20(24)10-8-17-6-3-11-27-17/h2-13,23H,1H3,(H,22,24)/b10-8+. The molecule has 0 atom stereocenters. The number of halogens is 1. The van der Waals surface area contributed by atoms with E-state index in [2.05, 4.69) is 10.0 Å². The van der Waals surface area contributed by atoms with Crippen molar-refractivity contribution in [2.75, 3.05) is 10.0 Å². The van der Waals surface area contributed by atoms with Gasteiger partial charge in [-0.3, -0.25) is 9.52 Å². The molecule has 0 aliphatic carbocycles. The summed E-state index contributed by atoms with van der Waals surface area (Å²) in [6.45, 7) is 1.79. The maximum atomic E-state index is 12.7. The van der Waals surface area contributed by atoms with E-state index in [1.54, 1.807) is 37.3 Å². The van der Waals surface area contributed by atoms with E-state index in [1.165, 1.54) is 35.6 Å². The van der Waals surface area contributed by atoms with Crippen molar-refractivity contribution in [2.24, 2.45) is 0 Å². The van der Waals surface area contributed by atoms with Crippen molar-refractivity contribution in [2.45, 2.75) is 11.8 Å². The molecule has 0 saturated heterocycles. The van der Waals surface area contributed by atoms with Gasteiger partial charge in [0.2, 0.25) is 5.91 Å². The molecule has 0 aliphatic heterocycles. The predicted octanol–water partition coefficient (Wildman–Crippen LogP) is 5.16. The smallest absolute Gasteiger partial charge is 0.261 e. The summed E-state index contributed by atoms with van der Waals surface area (Å²) in [5.74, 6) is -0.339. The number of hydrogen-bond acceptors (Lipinski definition) is 4. The van der Waals surface area contributed by atoms with Crippen molar-refractivity contribution < 1.29 is 13.2 Å². The van der Waals surface area contributed by atoms with E-state index < -0.39 is 10.0 Å². The van der Waals surface area contributed by atoms with Gasteiger partial charge in [-0.2, -0.15) is 0 Å². The zero-order valence-electron chi connectivity index (χ0n) is 14.8. The molecule has 0 radical (unpaired) electrons. The van der Waals surface area contributed by atoms with Gasteiger partial charge in [0.25, 0.3) is 10.0 Å². The van der Waals surface area contributed by atoms with Crippen LogP contribution < -0.4 is 10.0 Å². The van der Waals surface area contributed by atoms with Gasteiger partial charge >= 0.3 is 0 Å². The van der Waals surface area contributed by atoms with E-state index in [9.17, 15) is 13.2 Å². The Morgan fingerprint density at radius 1 is 1.11 bits per heavy atom. The van der Waals surface area contributed by atoms with E-state index >= 15 is 0 Å². The largest absolute Gasteiger partial charge is 0.322 e. The van der Waals surface area contributed by atoms with E-state index in [1.807, 2.05) is 17.5 Å². The Balaban J connectivity index is 1.79. The van der Waals surface area contributed by atoms with Crippen LogP contribution in [0.3, 0.4) is 0 Å². The summed E-state index contributed by atoms with van der Waals surface area (Å²) in [5, 5.41) is 5.07. The Bertz CT molecular complexity index is 1120. The lowest BCUT2D eigenvalue weighted by Crippen LogP contribution is -2.14. The Morgan fingerprint density at radius 2 is 1.93 bits per heavy atom. The highest BCUT2D eigenvalue weighted by Crippen LogP contribution is 2.24. The van der Waals surface area contributed by atoms with Gasteiger partial charge in [-0.1, -0.05) is 29.8 Å². The van der Waals surface area contributed by atoms with Crippen molar-refractivity contribution in [3.8, 4) is 0 Å². The van der Waals surface area contributed by atoms with Crippen molar-refractivity contribution in [1.82, 2.24) is 0 Å². The second-order valence-corrected chi connectivity index (χ2v) is 9.03. The molecule has 144 valence electrons. The van der Waals surface area contributed by atoms with Gasteiger partial charge in [-0.15, -0.1) is 11.3 Å². The summed E-state index contributed by atoms with van der Waals surface area (Å²) in [5.41, 5.74) is 1.53. The molecule has 1 heterocycles. The lowest BCUT2D eigenvalue weighted by molar-refractivity contribution is -0.111. The van der Waals surface area contributed by atoms with Crippen LogP contribution >= 0.6 is 22.9 Å². The highest BCUT2D eigenvalue weighted by Gasteiger charge is 2.16. The van der Waals surface area contributed by atoms with Crippen molar-refractivity contribution in [1.29, 1.82) is 0 Å². The van der Waals surface area contributed by atoms with Gasteiger partial charge in [0.05, 0.1) is 10.6 Å². The van der Waals surface area contributed by atoms with Crippen LogP contribution in [0.15, 0.2) is 70.9 Å². The first-order chi connectivity index (χ1) is 13.3. The molecular weight excluding hydrogens is 416 g/mol. The highest BCUT2D eigenvalue weighted by molar-refractivity contribution is 7.92. The number of anilines is 2. The highest BCUT2D eigenvalue weighted by atomic mass is 35.5. The molecule has 1 aromatic heterocycles. The number of benzene rings is 2. The number of thiophene rings is 1. The number of carbonyl (C=O) groups is 1. The number of nitrogens with one attached hydrogen (secondary N) is 2. The van der Waals surface area contributed by atoms with Gasteiger partial charge < -0.3 is 5.32 Å². The molecule has 0 saturated carbocycles. The molecule has 3 rings (SSSR count). The molecule has 28 heavy (non-hydrogen) atoms. The molecule has 2 aromatic carbocycles. The molecule has 0 spiro atoms. The van der Waals surface area contributed by atoms with Crippen LogP contribution in [0.1, 0.15) is 10.4 Å². The SMILES string of the molecule is Cc1ccc(S(=O)(=O)Nc2cccc(Cl)c2)cc1NC(=O)/C=C/c1cccs1. The third kappa shape index (κ3) is 5.22. The van der Waals surface area contributed by atoms with E-state index in [4.69, 9.17) is 11.6 Å². The molecule has 5 nitrogen and oxygen atoms in total. The van der Waals surface area contributed by atoms with Gasteiger partial charge in [-0.25, -0.2) is 8.42 Å². The molecule has 0 fully saturated rings. The van der Waals surface area contributed by atoms with Crippen LogP contribution in [0.25, 0.3) is 6.08 Å². The summed E-state index contributed by atoms with van der Waals surface area (Å²) in [6, 6.07) is 14.8. The van der Waals surface area contributed by atoms with Crippen LogP contribution in [0.4, 0.5) is 11.4 Å². The second-order valence-electron chi connectivity index (χ2n) is 5.93. The van der Waals surface area contributed by atoms with Gasteiger partial charge in [0, 0.05) is 21.7 Å². The zero-order chi connectivity index (χ0) is 20.1. The monoisotopic (exact) mass is 432 g/mol. The molecule has 0 bridgehead atoms. The average Bonchev–Trinajstić information content (AvgIpc) is 3.15. The fourth-order valence-corrected chi connectivity index (χ4v) is 4.27. The summed E-state index contributed by atoms with van der Waals surface area (Å²) in [7, 11) is -3.83. The quantitative estimate of drug-likeness (QED) is 0.528. The minimum absolute atomic E-state index is 0.0376. The molecule has 8 heteroatoms. The summed E-state index contributed by atoms with van der Waals surface area (Å²) >= 11 is 7.42. The number of carbonyl (C=O) groups excluding carboxylic acids is 1. The summed E-state index contributed by atoms with van der Waals surface area (Å²) in [6.07, 6.45) is 3.12. The molecule has 2 N–H and O–H groups in total. The topological polar surface area (TPSA) is 75.3 Å². The number of aryl methyl sites for hydroxylation is 1. The maximum absolute atomic E-state index is 12.7. The van der Waals surface area contributed by atoms with E-state index in [0.717, 1.165) is 10.4 Å². The Labute approximate surface area is 172 Å². The molecule has 0 unspecified atom stereocenters. The third-order valence-corrected chi connectivity index (χ3v) is 6.25. The molecule has 3 aromatic rings. The third-order valence-electron chi connectivity index (χ3n) is 3.80. The molecule has 1 amide bonds. The number of sulfonamides is 1. The van der Waals surface area contributed by atoms with Gasteiger partial charge in [-0.05, 0) is 60.3 Å². The normalized spacial score (nSPS) is 11.5. The zero-order valence-corrected chi connectivity index (χ0v) is 17.2. The van der Waals surface area contributed by atoms with Gasteiger partial charge in [0.1, 0.15) is 0 Å². The lowest BCUT2D eigenvalue weighted by atomic mass is 10.2. The van der Waals surface area contributed by atoms with Crippen molar-refractivity contribution in [3.63, 3.8) is 0 Å². The Kier molecular flexibility index (Phi) is 6.18. The second kappa shape index (κ2) is 8.60. The first-order valence-corrected chi connectivity index (χ1v) is 11.0. The fraction of sp³-hybridized carbons (Fsp3) is 0.0500. The molecular formula is C20H17ClN2O3S2. The van der Waals surface area contributed by atoms with Crippen LogP contribution in [-0.4, -0.2) is 14.3 Å². The maximum Gasteiger partial charge on any atom is 0.261 e. The first-order valence-electron chi connectivity index (χ1n) is 8.25. The summed E-state index contributed by atoms with van der Waals surface area (Å²) < 4.78 is 27.8. The van der Waals surface area contributed by atoms with Crippen molar-refractivity contribution >= 4 is 56.3 Å². The lowest BCUT2D eigenvalue weighted by Gasteiger charge is -2.12. The van der Waals surface area contributed by atoms with Crippen molar-refractivity contribution in [3.05, 3.63) is 81.5 Å². The predicted molar refractivity (Wildman–Crippen MR) is 115 cm³/mol. The molecule has 0 aliphatic rings. The van der Waals surface area contributed by atoms with Crippen LogP contribution in [0.5, 0.6) is 0 Å². The summed E-state index contributed by atoms with van der Waals surface area (Å²) in [4.78, 5) is 13.2. The van der Waals surface area contributed by atoms with E-state index in [-0.39, 0.29) is 10.8 Å². The van der Waals surface area contributed by atoms with E-state index in [0.29, 0.717) is 16.4 Å². The van der Waals surface area contributed by atoms with Gasteiger partial charge in [0.15, 0.2) is 0 Å². The fourth-order valence-electron chi connectivity index (χ4n) is 2.39. The van der Waals surface area contributed by atoms with Crippen LogP contribution in [-0.2, 0) is 14.8 Å². The number of amides is 1. The number of rotatable bonds is 6. The number of hydrogen-bond donors (Lipinski definition) is 2.